The van der Waals surface area contributed by atoms with Crippen molar-refractivity contribution in [3.05, 3.63) is 42.7 Å². The molecule has 0 aliphatic carbocycles. The predicted molar refractivity (Wildman–Crippen MR) is 67.2 cm³/mol. The second-order valence-corrected chi connectivity index (χ2v) is 3.99. The zero-order valence-corrected chi connectivity index (χ0v) is 9.81. The Kier molecular flexibility index (Phi) is 2.18. The molecule has 3 nitrogen and oxygen atoms in total. The first-order valence-corrected chi connectivity index (χ1v) is 5.47. The van der Waals surface area contributed by atoms with Gasteiger partial charge in [0.2, 0.25) is 0 Å². The number of hydrogen-bond acceptors (Lipinski definition) is 2. The Morgan fingerprint density at radius 1 is 1.18 bits per heavy atom. The highest BCUT2D eigenvalue weighted by atomic mass is 16.5. The van der Waals surface area contributed by atoms with Gasteiger partial charge in [-0.15, -0.1) is 0 Å². The van der Waals surface area contributed by atoms with Crippen molar-refractivity contribution in [1.29, 1.82) is 0 Å². The molecule has 3 heteroatoms. The minimum Gasteiger partial charge on any atom is -0.497 e. The molecule has 0 saturated heterocycles. The Hall–Kier alpha value is -2.16. The summed E-state index contributed by atoms with van der Waals surface area (Å²) in [6, 6.07) is 12.0. The van der Waals surface area contributed by atoms with Crippen LogP contribution in [0.4, 0.5) is 0 Å². The molecule has 0 N–H and O–H groups in total. The summed E-state index contributed by atoms with van der Waals surface area (Å²) in [6.45, 7) is 0. The monoisotopic (exact) mass is 227 g/mol. The maximum atomic E-state index is 5.43. The molecule has 17 heavy (non-hydrogen) atoms. The van der Waals surface area contributed by atoms with Crippen LogP contribution in [0, 0.1) is 0 Å². The van der Waals surface area contributed by atoms with Gasteiger partial charge < -0.3 is 13.7 Å². The molecule has 1 aromatic carbocycles. The average Bonchev–Trinajstić information content (AvgIpc) is 2.97. The molecule has 0 unspecified atom stereocenters. The molecule has 3 rings (SSSR count). The molecule has 0 atom stereocenters. The Morgan fingerprint density at radius 2 is 2.06 bits per heavy atom. The van der Waals surface area contributed by atoms with Gasteiger partial charge in [0.15, 0.2) is 0 Å². The van der Waals surface area contributed by atoms with Crippen LogP contribution < -0.4 is 4.74 Å². The van der Waals surface area contributed by atoms with Crippen LogP contribution in [0.2, 0.25) is 0 Å². The van der Waals surface area contributed by atoms with Crippen molar-refractivity contribution in [2.75, 3.05) is 7.11 Å². The van der Waals surface area contributed by atoms with Crippen molar-refractivity contribution < 1.29 is 9.15 Å². The van der Waals surface area contributed by atoms with E-state index < -0.39 is 0 Å². The maximum absolute atomic E-state index is 5.43. The van der Waals surface area contributed by atoms with E-state index in [1.807, 2.05) is 31.3 Å². The lowest BCUT2D eigenvalue weighted by Gasteiger charge is -2.02. The fourth-order valence-corrected chi connectivity index (χ4v) is 2.12. The number of furan rings is 1. The van der Waals surface area contributed by atoms with Crippen LogP contribution in [0.1, 0.15) is 0 Å². The van der Waals surface area contributed by atoms with Crippen molar-refractivity contribution in [3.8, 4) is 17.2 Å². The first-order chi connectivity index (χ1) is 8.29. The van der Waals surface area contributed by atoms with Crippen molar-refractivity contribution in [2.45, 2.75) is 0 Å². The summed E-state index contributed by atoms with van der Waals surface area (Å²) in [5, 5.41) is 1.15. The molecule has 0 fully saturated rings. The van der Waals surface area contributed by atoms with E-state index in [0.717, 1.165) is 28.1 Å². The molecule has 2 aromatic heterocycles. The van der Waals surface area contributed by atoms with Crippen LogP contribution in [-0.2, 0) is 7.05 Å². The second-order valence-electron chi connectivity index (χ2n) is 3.99. The van der Waals surface area contributed by atoms with Crippen LogP contribution in [0.3, 0.4) is 0 Å². The molecule has 2 heterocycles. The summed E-state index contributed by atoms with van der Waals surface area (Å²) in [5.74, 6) is 1.75. The van der Waals surface area contributed by atoms with E-state index in [1.54, 1.807) is 13.4 Å². The molecule has 0 saturated carbocycles. The summed E-state index contributed by atoms with van der Waals surface area (Å²) in [6.07, 6.45) is 1.69. The van der Waals surface area contributed by atoms with E-state index in [9.17, 15) is 0 Å². The zero-order chi connectivity index (χ0) is 11.8. The third-order valence-corrected chi connectivity index (χ3v) is 3.02. The number of rotatable bonds is 2. The lowest BCUT2D eigenvalue weighted by molar-refractivity contribution is 0.415. The van der Waals surface area contributed by atoms with Crippen LogP contribution >= 0.6 is 0 Å². The molecule has 0 amide bonds. The fraction of sp³-hybridized carbons (Fsp3) is 0.143. The third-order valence-electron chi connectivity index (χ3n) is 3.02. The summed E-state index contributed by atoms with van der Waals surface area (Å²) in [7, 11) is 3.71. The number of fused-ring (bicyclic) bond motifs is 1. The van der Waals surface area contributed by atoms with E-state index in [0.29, 0.717) is 0 Å². The molecule has 0 radical (unpaired) electrons. The number of nitrogens with zero attached hydrogens (tertiary/aromatic N) is 1. The SMILES string of the molecule is COc1ccc2c(c1)cc(-c1ccco1)n2C. The Bertz CT molecular complexity index is 650. The molecule has 86 valence electrons. The van der Waals surface area contributed by atoms with Gasteiger partial charge in [0.25, 0.3) is 0 Å². The number of aromatic nitrogens is 1. The number of benzene rings is 1. The fourth-order valence-electron chi connectivity index (χ4n) is 2.12. The van der Waals surface area contributed by atoms with Crippen LogP contribution in [0.5, 0.6) is 5.75 Å². The van der Waals surface area contributed by atoms with E-state index in [-0.39, 0.29) is 0 Å². The largest absolute Gasteiger partial charge is 0.497 e. The number of aryl methyl sites for hydroxylation is 1. The summed E-state index contributed by atoms with van der Waals surface area (Å²) >= 11 is 0. The average molecular weight is 227 g/mol. The summed E-state index contributed by atoms with van der Waals surface area (Å²) in [4.78, 5) is 0. The molecule has 0 bridgehead atoms. The van der Waals surface area contributed by atoms with Crippen molar-refractivity contribution in [2.24, 2.45) is 7.05 Å². The highest BCUT2D eigenvalue weighted by Crippen LogP contribution is 2.29. The minimum absolute atomic E-state index is 0.870. The standard InChI is InChI=1S/C14H13NO2/c1-15-12-6-5-11(16-2)8-10(12)9-13(15)14-4-3-7-17-14/h3-9H,1-2H3. The topological polar surface area (TPSA) is 27.3 Å². The molecular formula is C14H13NO2. The van der Waals surface area contributed by atoms with Gasteiger partial charge >= 0.3 is 0 Å². The molecule has 0 aliphatic rings. The third kappa shape index (κ3) is 1.51. The van der Waals surface area contributed by atoms with Gasteiger partial charge in [0.05, 0.1) is 19.1 Å². The van der Waals surface area contributed by atoms with Gasteiger partial charge in [-0.1, -0.05) is 0 Å². The lowest BCUT2D eigenvalue weighted by atomic mass is 10.2. The van der Waals surface area contributed by atoms with Crippen LogP contribution in [-0.4, -0.2) is 11.7 Å². The first-order valence-electron chi connectivity index (χ1n) is 5.47. The second kappa shape index (κ2) is 3.70. The smallest absolute Gasteiger partial charge is 0.150 e. The summed E-state index contributed by atoms with van der Waals surface area (Å²) < 4.78 is 12.8. The number of hydrogen-bond donors (Lipinski definition) is 0. The Balaban J connectivity index is 2.24. The van der Waals surface area contributed by atoms with Crippen molar-refractivity contribution >= 4 is 10.9 Å². The van der Waals surface area contributed by atoms with Gasteiger partial charge in [0.1, 0.15) is 11.5 Å². The van der Waals surface area contributed by atoms with Gasteiger partial charge in [-0.05, 0) is 36.4 Å². The van der Waals surface area contributed by atoms with Crippen LogP contribution in [0.15, 0.2) is 47.1 Å². The Morgan fingerprint density at radius 3 is 2.76 bits per heavy atom. The lowest BCUT2D eigenvalue weighted by Crippen LogP contribution is -1.89. The summed E-state index contributed by atoms with van der Waals surface area (Å²) in [5.41, 5.74) is 2.23. The predicted octanol–water partition coefficient (Wildman–Crippen LogP) is 3.45. The quantitative estimate of drug-likeness (QED) is 0.670. The molecule has 3 aromatic rings. The Labute approximate surface area is 99.2 Å². The molecule has 0 aliphatic heterocycles. The normalized spacial score (nSPS) is 10.9. The highest BCUT2D eigenvalue weighted by molar-refractivity contribution is 5.87. The number of methoxy groups -OCH3 is 1. The van der Waals surface area contributed by atoms with Gasteiger partial charge in [0, 0.05) is 18.0 Å². The number of ether oxygens (including phenoxy) is 1. The van der Waals surface area contributed by atoms with Gasteiger partial charge in [-0.25, -0.2) is 0 Å². The van der Waals surface area contributed by atoms with E-state index >= 15 is 0 Å². The van der Waals surface area contributed by atoms with Crippen molar-refractivity contribution in [1.82, 2.24) is 4.57 Å². The molecular weight excluding hydrogens is 214 g/mol. The first kappa shape index (κ1) is 10.0. The van der Waals surface area contributed by atoms with Crippen molar-refractivity contribution in [3.63, 3.8) is 0 Å². The zero-order valence-electron chi connectivity index (χ0n) is 9.81. The van der Waals surface area contributed by atoms with E-state index in [4.69, 9.17) is 9.15 Å². The van der Waals surface area contributed by atoms with E-state index in [2.05, 4.69) is 16.7 Å². The van der Waals surface area contributed by atoms with Gasteiger partial charge in [-0.2, -0.15) is 0 Å². The highest BCUT2D eigenvalue weighted by Gasteiger charge is 2.10. The minimum atomic E-state index is 0.870. The molecule has 0 spiro atoms. The maximum Gasteiger partial charge on any atom is 0.150 e. The van der Waals surface area contributed by atoms with Gasteiger partial charge in [-0.3, -0.25) is 0 Å². The van der Waals surface area contributed by atoms with E-state index in [1.165, 1.54) is 0 Å². The van der Waals surface area contributed by atoms with Crippen LogP contribution in [0.25, 0.3) is 22.4 Å².